The normalized spacial score (nSPS) is 16.3. The second-order valence-corrected chi connectivity index (χ2v) is 33.8. The highest BCUT2D eigenvalue weighted by Crippen LogP contribution is 2.31. The standard InChI is InChI=1S/C12H24F3N.2C11H22F3N.2C11H25N.C10H20F3N.C10H23N/c1-8(2)7-11(5,6)16-10(9(3)4)12(13,14)15;2*1-7(2)6-9(5)15-10(8(3)4)11(12,13)14;2*1-8(2)7-10(5)12-11(6)9(3)4;1-7(2)5-6-14-9(8(3)4)10(11,12)13;1-8(2)6-7-11-10(5)9(3)4/h8-10,16H,7H2,1-6H3;2*7-10,15H,6H2,1-5H3;2*8-12H,7H2,1-6H3;7-9,14H,5-6H2,1-4H3;8-11H,6-7H2,1-5H3/t10-;9-,10+;9-,10-;10-,11+;10-,11-;9-;10-/m0101000/s1. The van der Waals surface area contributed by atoms with Gasteiger partial charge in [0.1, 0.15) is 24.2 Å². The minimum absolute atomic E-state index is 0.0981. The predicted molar refractivity (Wildman–Crippen MR) is 391 cm³/mol. The molecule has 0 aromatic rings. The monoisotopic (exact) mass is 1400 g/mol. The molecule has 0 aromatic heterocycles. The van der Waals surface area contributed by atoms with Crippen LogP contribution < -0.4 is 37.2 Å². The van der Waals surface area contributed by atoms with Crippen LogP contribution >= 0.6 is 0 Å². The number of hydrogen-bond acceptors (Lipinski definition) is 7. The van der Waals surface area contributed by atoms with Gasteiger partial charge in [-0.1, -0.05) is 194 Å². The summed E-state index contributed by atoms with van der Waals surface area (Å²) < 4.78 is 151. The maximum Gasteiger partial charge on any atom is 0.404 e. The fraction of sp³-hybridized carbons (Fsp3) is 1.00. The molecule has 19 heteroatoms. The number of hydrogen-bond donors (Lipinski definition) is 7. The third kappa shape index (κ3) is 69.7. The Morgan fingerprint density at radius 3 is 0.663 bits per heavy atom. The zero-order chi connectivity index (χ0) is 77.2. The van der Waals surface area contributed by atoms with Crippen LogP contribution in [0, 0.1) is 82.9 Å². The van der Waals surface area contributed by atoms with Crippen molar-refractivity contribution in [2.75, 3.05) is 13.1 Å². The van der Waals surface area contributed by atoms with Gasteiger partial charge >= 0.3 is 24.7 Å². The summed E-state index contributed by atoms with van der Waals surface area (Å²) in [7, 11) is 0. The van der Waals surface area contributed by atoms with Gasteiger partial charge in [-0.15, -0.1) is 0 Å². The third-order valence-corrected chi connectivity index (χ3v) is 16.1. The first kappa shape index (κ1) is 107. The SMILES string of the molecule is CC(C)CC(C)(C)N[C@@H](C(C)C)C(F)(F)F.CC(C)CCN[C@@H](C(C)C)C(F)(F)F.CC(C)CCN[C@@H](C)C(C)C.CC(C)C[C@@H](C)N[C@@H](C(C)C)C(F)(F)F.CC(C)C[C@@H](C)N[C@@H](C)C(C)C.CC(C)C[C@H](C)N[C@@H](C(C)C)C(F)(F)F.CC(C)C[C@H](C)N[C@@H](C)C(C)C. The zero-order valence-corrected chi connectivity index (χ0v) is 68.3. The molecule has 0 aliphatic heterocycles. The van der Waals surface area contributed by atoms with E-state index < -0.39 is 78.1 Å². The molecule has 0 rings (SSSR count). The maximum absolute atomic E-state index is 12.8. The van der Waals surface area contributed by atoms with E-state index in [0.29, 0.717) is 60.4 Å². The van der Waals surface area contributed by atoms with Gasteiger partial charge in [0.2, 0.25) is 0 Å². The summed E-state index contributed by atoms with van der Waals surface area (Å²) in [6, 6.07) is -2.55. The van der Waals surface area contributed by atoms with Gasteiger partial charge in [0.05, 0.1) is 0 Å². The molecule has 0 aliphatic rings. The third-order valence-electron chi connectivity index (χ3n) is 16.1. The molecule has 584 valence electrons. The quantitative estimate of drug-likeness (QED) is 0.0319. The molecule has 0 radical (unpaired) electrons. The Bertz CT molecular complexity index is 1620. The highest BCUT2D eigenvalue weighted by Gasteiger charge is 2.45. The van der Waals surface area contributed by atoms with Crippen molar-refractivity contribution >= 4 is 0 Å². The molecule has 0 saturated heterocycles. The fourth-order valence-electron chi connectivity index (χ4n) is 10.5. The van der Waals surface area contributed by atoms with Gasteiger partial charge in [0, 0.05) is 47.8 Å². The first-order valence-electron chi connectivity index (χ1n) is 36.9. The molecule has 11 atom stereocenters. The van der Waals surface area contributed by atoms with Crippen molar-refractivity contribution in [1.29, 1.82) is 0 Å². The van der Waals surface area contributed by atoms with E-state index in [0.717, 1.165) is 67.7 Å². The van der Waals surface area contributed by atoms with Crippen LogP contribution in [0.4, 0.5) is 52.7 Å². The van der Waals surface area contributed by atoms with Crippen LogP contribution in [0.25, 0.3) is 0 Å². The molecule has 0 saturated carbocycles. The first-order valence-corrected chi connectivity index (χ1v) is 36.9. The van der Waals surface area contributed by atoms with Crippen molar-refractivity contribution in [3.8, 4) is 0 Å². The molecule has 7 nitrogen and oxygen atoms in total. The summed E-state index contributed by atoms with van der Waals surface area (Å²) in [6.07, 6.45) is -9.75. The minimum Gasteiger partial charge on any atom is -0.314 e. The summed E-state index contributed by atoms with van der Waals surface area (Å²) in [6.45, 7) is 76.2. The summed E-state index contributed by atoms with van der Waals surface area (Å²) in [4.78, 5) is 0. The fourth-order valence-corrected chi connectivity index (χ4v) is 10.5. The minimum atomic E-state index is -4.18. The zero-order valence-electron chi connectivity index (χ0n) is 68.3. The number of nitrogens with one attached hydrogen (secondary N) is 7. The molecule has 0 bridgehead atoms. The number of rotatable bonds is 35. The molecule has 0 aromatic carbocycles. The van der Waals surface area contributed by atoms with E-state index in [1.165, 1.54) is 19.3 Å². The molecule has 0 fully saturated rings. The van der Waals surface area contributed by atoms with Gasteiger partial charge in [-0.3, -0.25) is 0 Å². The Hall–Kier alpha value is -1.12. The van der Waals surface area contributed by atoms with Crippen LogP contribution in [0.2, 0.25) is 0 Å². The van der Waals surface area contributed by atoms with Gasteiger partial charge < -0.3 is 37.2 Å². The Kier molecular flexibility index (Phi) is 61.6. The van der Waals surface area contributed by atoms with Crippen LogP contribution in [-0.4, -0.2) is 110 Å². The van der Waals surface area contributed by atoms with Crippen LogP contribution in [0.15, 0.2) is 0 Å². The average molecular weight is 1400 g/mol. The smallest absolute Gasteiger partial charge is 0.314 e. The lowest BCUT2D eigenvalue weighted by molar-refractivity contribution is -0.170. The Morgan fingerprint density at radius 2 is 0.474 bits per heavy atom. The van der Waals surface area contributed by atoms with E-state index >= 15 is 0 Å². The van der Waals surface area contributed by atoms with E-state index in [-0.39, 0.29) is 12.1 Å². The number of halogens is 12. The molecule has 0 unspecified atom stereocenters. The van der Waals surface area contributed by atoms with Crippen molar-refractivity contribution in [2.24, 2.45) is 82.9 Å². The lowest BCUT2D eigenvalue weighted by atomic mass is 9.90. The predicted octanol–water partition coefficient (Wildman–Crippen LogP) is 23.2. The molecule has 7 N–H and O–H groups in total. The van der Waals surface area contributed by atoms with Gasteiger partial charge in [-0.05, 0) is 203 Å². The van der Waals surface area contributed by atoms with Crippen molar-refractivity contribution in [3.05, 3.63) is 0 Å². The Balaban J connectivity index is -0.000000191. The average Bonchev–Trinajstić information content (AvgIpc) is 0.876. The molecular formula is C76H161F12N7. The van der Waals surface area contributed by atoms with Gasteiger partial charge in [-0.2, -0.15) is 52.7 Å². The molecule has 0 aliphatic carbocycles. The molecular weight excluding hydrogens is 1240 g/mol. The largest absolute Gasteiger partial charge is 0.404 e. The Morgan fingerprint density at radius 1 is 0.242 bits per heavy atom. The molecule has 95 heavy (non-hydrogen) atoms. The maximum atomic E-state index is 12.8. The molecule has 0 spiro atoms. The van der Waals surface area contributed by atoms with Gasteiger partial charge in [-0.25, -0.2) is 0 Å². The second-order valence-electron chi connectivity index (χ2n) is 33.8. The topological polar surface area (TPSA) is 84.2 Å². The van der Waals surface area contributed by atoms with Crippen molar-refractivity contribution in [2.45, 2.75) is 398 Å². The summed E-state index contributed by atoms with van der Waals surface area (Å²) in [5, 5.41) is 21.4. The van der Waals surface area contributed by atoms with Gasteiger partial charge in [0.15, 0.2) is 0 Å². The highest BCUT2D eigenvalue weighted by molar-refractivity contribution is 4.89. The van der Waals surface area contributed by atoms with E-state index in [4.69, 9.17) is 0 Å². The lowest BCUT2D eigenvalue weighted by Gasteiger charge is -2.36. The number of alkyl halides is 12. The molecule has 0 amide bonds. The van der Waals surface area contributed by atoms with Crippen molar-refractivity contribution < 1.29 is 52.7 Å². The Labute approximate surface area is 581 Å². The van der Waals surface area contributed by atoms with Crippen LogP contribution in [0.1, 0.15) is 301 Å². The van der Waals surface area contributed by atoms with E-state index in [2.05, 4.69) is 155 Å². The van der Waals surface area contributed by atoms with Crippen LogP contribution in [-0.2, 0) is 0 Å². The van der Waals surface area contributed by atoms with Crippen LogP contribution in [0.3, 0.4) is 0 Å². The summed E-state index contributed by atoms with van der Waals surface area (Å²) in [5.41, 5.74) is -0.487. The van der Waals surface area contributed by atoms with Crippen molar-refractivity contribution in [1.82, 2.24) is 37.2 Å². The van der Waals surface area contributed by atoms with Crippen molar-refractivity contribution in [3.63, 3.8) is 0 Å². The highest BCUT2D eigenvalue weighted by atomic mass is 19.4. The summed E-state index contributed by atoms with van der Waals surface area (Å²) in [5.74, 6) is 4.55. The lowest BCUT2D eigenvalue weighted by Crippen LogP contribution is -2.55. The van der Waals surface area contributed by atoms with Crippen LogP contribution in [0.5, 0.6) is 0 Å². The molecule has 0 heterocycles. The summed E-state index contributed by atoms with van der Waals surface area (Å²) >= 11 is 0. The van der Waals surface area contributed by atoms with E-state index in [1.807, 2.05) is 69.2 Å². The van der Waals surface area contributed by atoms with Gasteiger partial charge in [0.25, 0.3) is 0 Å². The van der Waals surface area contributed by atoms with E-state index in [1.54, 1.807) is 69.2 Å². The first-order chi connectivity index (χ1) is 42.4. The second kappa shape index (κ2) is 54.6. The van der Waals surface area contributed by atoms with E-state index in [9.17, 15) is 52.7 Å².